The minimum absolute atomic E-state index is 0.315. The third-order valence-corrected chi connectivity index (χ3v) is 6.64. The molecule has 6 heteroatoms. The maximum absolute atomic E-state index is 11.0. The molecule has 0 radical (unpaired) electrons. The van der Waals surface area contributed by atoms with E-state index in [1.54, 1.807) is 0 Å². The molecule has 0 aromatic heterocycles. The van der Waals surface area contributed by atoms with Crippen molar-refractivity contribution in [3.63, 3.8) is 0 Å². The van der Waals surface area contributed by atoms with Gasteiger partial charge >= 0.3 is 0 Å². The van der Waals surface area contributed by atoms with Crippen molar-refractivity contribution in [2.45, 2.75) is 24.1 Å². The van der Waals surface area contributed by atoms with Crippen LogP contribution >= 0.6 is 23.5 Å². The lowest BCUT2D eigenvalue weighted by atomic mass is 10.1. The van der Waals surface area contributed by atoms with Crippen LogP contribution in [0.1, 0.15) is 12.8 Å². The maximum Gasteiger partial charge on any atom is 0.147 e. The van der Waals surface area contributed by atoms with E-state index in [0.717, 1.165) is 12.8 Å². The number of rotatable bonds is 6. The smallest absolute Gasteiger partial charge is 0.147 e. The highest BCUT2D eigenvalue weighted by Gasteiger charge is 2.23. The Balaban J connectivity index is 2.30. The minimum Gasteiger partial charge on any atom is -0.316 e. The fourth-order valence-corrected chi connectivity index (χ4v) is 5.48. The summed E-state index contributed by atoms with van der Waals surface area (Å²) in [6.07, 6.45) is 3.04. The molecule has 1 heterocycles. The highest BCUT2D eigenvalue weighted by molar-refractivity contribution is 8.06. The fourth-order valence-electron chi connectivity index (χ4n) is 1.82. The Hall–Kier alpha value is 0.610. The molecular weight excluding hydrogens is 262 g/mol. The first-order valence-corrected chi connectivity index (χ1v) is 9.83. The van der Waals surface area contributed by atoms with Crippen molar-refractivity contribution in [3.8, 4) is 0 Å². The topological polar surface area (TPSA) is 46.2 Å². The molecule has 1 N–H and O–H groups in total. The highest BCUT2D eigenvalue weighted by atomic mass is 32.2. The summed E-state index contributed by atoms with van der Waals surface area (Å²) in [5, 5.41) is 3.97. The Morgan fingerprint density at radius 1 is 1.44 bits per heavy atom. The molecule has 0 spiro atoms. The third-order valence-electron chi connectivity index (χ3n) is 2.69. The summed E-state index contributed by atoms with van der Waals surface area (Å²) in [7, 11) is -0.821. The van der Waals surface area contributed by atoms with Gasteiger partial charge in [0.1, 0.15) is 9.84 Å². The summed E-state index contributed by atoms with van der Waals surface area (Å²) in [5.74, 6) is 3.98. The van der Waals surface area contributed by atoms with Crippen LogP contribution in [0.5, 0.6) is 0 Å². The molecule has 16 heavy (non-hydrogen) atoms. The Kier molecular flexibility index (Phi) is 6.54. The molecule has 1 rings (SSSR count). The number of nitrogens with one attached hydrogen (secondary N) is 1. The molecule has 1 saturated heterocycles. The van der Waals surface area contributed by atoms with Gasteiger partial charge in [0, 0.05) is 40.6 Å². The normalized spacial score (nSPS) is 24.2. The first kappa shape index (κ1) is 14.7. The van der Waals surface area contributed by atoms with Crippen LogP contribution < -0.4 is 5.32 Å². The first-order valence-electron chi connectivity index (χ1n) is 5.57. The molecule has 3 nitrogen and oxygen atoms in total. The second kappa shape index (κ2) is 7.13. The molecule has 0 amide bonds. The minimum atomic E-state index is -2.80. The van der Waals surface area contributed by atoms with E-state index in [2.05, 4.69) is 5.32 Å². The molecule has 2 atom stereocenters. The van der Waals surface area contributed by atoms with Gasteiger partial charge < -0.3 is 5.32 Å². The average molecular weight is 283 g/mol. The quantitative estimate of drug-likeness (QED) is 0.795. The molecular formula is C10H21NO2S3. The maximum atomic E-state index is 11.0. The average Bonchev–Trinajstić information content (AvgIpc) is 2.24. The van der Waals surface area contributed by atoms with Crippen LogP contribution in [0.3, 0.4) is 0 Å². The van der Waals surface area contributed by atoms with Crippen LogP contribution in [0.2, 0.25) is 0 Å². The van der Waals surface area contributed by atoms with E-state index >= 15 is 0 Å². The second-order valence-electron chi connectivity index (χ2n) is 4.15. The summed E-state index contributed by atoms with van der Waals surface area (Å²) < 4.78 is 22.1. The van der Waals surface area contributed by atoms with Crippen molar-refractivity contribution >= 4 is 33.4 Å². The fraction of sp³-hybridized carbons (Fsp3) is 1.00. The van der Waals surface area contributed by atoms with Crippen LogP contribution in [0.4, 0.5) is 0 Å². The summed E-state index contributed by atoms with van der Waals surface area (Å²) >= 11 is 4.03. The predicted molar refractivity (Wildman–Crippen MR) is 75.4 cm³/mol. The molecule has 0 saturated carbocycles. The largest absolute Gasteiger partial charge is 0.316 e. The van der Waals surface area contributed by atoms with Crippen LogP contribution in [0.15, 0.2) is 0 Å². The Labute approximate surface area is 107 Å². The van der Waals surface area contributed by atoms with Crippen molar-refractivity contribution in [1.29, 1.82) is 0 Å². The number of sulfone groups is 1. The second-order valence-corrected chi connectivity index (χ2v) is 8.91. The van der Waals surface area contributed by atoms with Crippen molar-refractivity contribution in [2.75, 3.05) is 36.3 Å². The van der Waals surface area contributed by atoms with E-state index in [0.29, 0.717) is 17.0 Å². The summed E-state index contributed by atoms with van der Waals surface area (Å²) in [6.45, 7) is 0. The number of hydrogen-bond acceptors (Lipinski definition) is 5. The van der Waals surface area contributed by atoms with Gasteiger partial charge in [-0.05, 0) is 19.9 Å². The van der Waals surface area contributed by atoms with E-state index in [4.69, 9.17) is 0 Å². The molecule has 0 bridgehead atoms. The van der Waals surface area contributed by atoms with Crippen LogP contribution in [0, 0.1) is 0 Å². The monoisotopic (exact) mass is 283 g/mol. The highest BCUT2D eigenvalue weighted by Crippen LogP contribution is 2.27. The zero-order valence-electron chi connectivity index (χ0n) is 9.94. The molecule has 0 aromatic rings. The lowest BCUT2D eigenvalue weighted by Crippen LogP contribution is -2.39. The van der Waals surface area contributed by atoms with E-state index in [-0.39, 0.29) is 0 Å². The lowest BCUT2D eigenvalue weighted by Gasteiger charge is -2.29. The zero-order valence-corrected chi connectivity index (χ0v) is 12.4. The Morgan fingerprint density at radius 2 is 2.19 bits per heavy atom. The molecule has 1 aliphatic heterocycles. The molecule has 1 fully saturated rings. The van der Waals surface area contributed by atoms with Gasteiger partial charge in [0.15, 0.2) is 0 Å². The van der Waals surface area contributed by atoms with Crippen LogP contribution in [-0.4, -0.2) is 56.0 Å². The van der Waals surface area contributed by atoms with Crippen LogP contribution in [-0.2, 0) is 9.84 Å². The summed E-state index contributed by atoms with van der Waals surface area (Å²) in [5.41, 5.74) is 0. The van der Waals surface area contributed by atoms with Crippen molar-refractivity contribution in [2.24, 2.45) is 0 Å². The standard InChI is InChI=1S/C10H21NO2S3/c1-11-9(4-3-7-16(2,12)13)10-8-14-5-6-15-10/h9-11H,3-8H2,1-2H3. The number of hydrogen-bond donors (Lipinski definition) is 1. The van der Waals surface area contributed by atoms with E-state index in [9.17, 15) is 8.42 Å². The summed E-state index contributed by atoms with van der Waals surface area (Å²) in [4.78, 5) is 0. The van der Waals surface area contributed by atoms with Gasteiger partial charge in [-0.3, -0.25) is 0 Å². The zero-order chi connectivity index (χ0) is 12.0. The van der Waals surface area contributed by atoms with Crippen molar-refractivity contribution < 1.29 is 8.42 Å². The van der Waals surface area contributed by atoms with Gasteiger partial charge in [0.25, 0.3) is 0 Å². The number of thioether (sulfide) groups is 2. The van der Waals surface area contributed by atoms with Crippen molar-refractivity contribution in [1.82, 2.24) is 5.32 Å². The lowest BCUT2D eigenvalue weighted by molar-refractivity contribution is 0.512. The molecule has 96 valence electrons. The third kappa shape index (κ3) is 5.80. The first-order chi connectivity index (χ1) is 7.53. The SMILES string of the molecule is CNC(CCCS(C)(=O)=O)C1CSCCS1. The molecule has 1 aliphatic rings. The molecule has 0 aliphatic carbocycles. The van der Waals surface area contributed by atoms with Crippen LogP contribution in [0.25, 0.3) is 0 Å². The molecule has 2 unspecified atom stereocenters. The van der Waals surface area contributed by atoms with Gasteiger partial charge in [-0.25, -0.2) is 8.42 Å². The van der Waals surface area contributed by atoms with E-state index in [1.165, 1.54) is 23.5 Å². The Morgan fingerprint density at radius 3 is 2.69 bits per heavy atom. The summed E-state index contributed by atoms with van der Waals surface area (Å²) in [6, 6.07) is 0.458. The van der Waals surface area contributed by atoms with Crippen molar-refractivity contribution in [3.05, 3.63) is 0 Å². The van der Waals surface area contributed by atoms with Gasteiger partial charge in [-0.15, -0.1) is 0 Å². The van der Waals surface area contributed by atoms with Gasteiger partial charge in [-0.2, -0.15) is 23.5 Å². The van der Waals surface area contributed by atoms with Gasteiger partial charge in [-0.1, -0.05) is 0 Å². The van der Waals surface area contributed by atoms with E-state index < -0.39 is 9.84 Å². The molecule has 0 aromatic carbocycles. The predicted octanol–water partition coefficient (Wildman–Crippen LogP) is 1.25. The Bertz CT molecular complexity index is 286. The van der Waals surface area contributed by atoms with Gasteiger partial charge in [0.05, 0.1) is 0 Å². The van der Waals surface area contributed by atoms with Gasteiger partial charge in [0.2, 0.25) is 0 Å². The van der Waals surface area contributed by atoms with E-state index in [1.807, 2.05) is 30.6 Å².